The fourth-order valence-corrected chi connectivity index (χ4v) is 1.82. The van der Waals surface area contributed by atoms with Crippen LogP contribution >= 0.6 is 0 Å². The Bertz CT molecular complexity index is 503. The highest BCUT2D eigenvalue weighted by atomic mass is 19.3. The number of benzene rings is 1. The number of halogens is 2. The molecule has 2 aromatic rings. The Balaban J connectivity index is 2.38. The van der Waals surface area contributed by atoms with E-state index in [0.29, 0.717) is 0 Å². The van der Waals surface area contributed by atoms with E-state index < -0.39 is 24.7 Å². The molecule has 0 bridgehead atoms. The lowest BCUT2D eigenvalue weighted by atomic mass is 10.0. The van der Waals surface area contributed by atoms with Crippen LogP contribution in [-0.2, 0) is 4.79 Å². The number of para-hydroxylation sites is 1. The molecule has 0 saturated heterocycles. The Labute approximate surface area is 96.1 Å². The van der Waals surface area contributed by atoms with Crippen LogP contribution in [0.1, 0.15) is 18.0 Å². The number of carboxylic acids is 1. The van der Waals surface area contributed by atoms with Crippen molar-refractivity contribution in [2.75, 3.05) is 0 Å². The lowest BCUT2D eigenvalue weighted by Crippen LogP contribution is -2.14. The van der Waals surface area contributed by atoms with Gasteiger partial charge in [0.1, 0.15) is 0 Å². The second-order valence-corrected chi connectivity index (χ2v) is 3.85. The van der Waals surface area contributed by atoms with Gasteiger partial charge in [0, 0.05) is 11.2 Å². The largest absolute Gasteiger partial charge is 0.481 e. The molecule has 0 aliphatic carbocycles. The molecular weight excluding hydrogens is 228 g/mol. The summed E-state index contributed by atoms with van der Waals surface area (Å²) in [6.07, 6.45) is -3.27. The number of fused-ring (bicyclic) bond motifs is 1. The van der Waals surface area contributed by atoms with Crippen LogP contribution in [0.2, 0.25) is 0 Å². The van der Waals surface area contributed by atoms with E-state index in [4.69, 9.17) is 5.11 Å². The number of nitrogens with one attached hydrogen (secondary N) is 1. The first-order chi connectivity index (χ1) is 8.08. The maximum Gasteiger partial charge on any atom is 0.304 e. The minimum atomic E-state index is -2.70. The Morgan fingerprint density at radius 2 is 2.06 bits per heavy atom. The van der Waals surface area contributed by atoms with Crippen LogP contribution < -0.4 is 0 Å². The van der Waals surface area contributed by atoms with Gasteiger partial charge in [0.05, 0.1) is 12.3 Å². The molecule has 0 aliphatic heterocycles. The Hall–Kier alpha value is -1.91. The maximum atomic E-state index is 12.8. The molecule has 0 saturated carbocycles. The van der Waals surface area contributed by atoms with E-state index >= 15 is 0 Å². The highest BCUT2D eigenvalue weighted by Gasteiger charge is 2.26. The molecule has 2 N–H and O–H groups in total. The van der Waals surface area contributed by atoms with Gasteiger partial charge >= 0.3 is 5.97 Å². The normalized spacial score (nSPS) is 13.1. The van der Waals surface area contributed by atoms with Crippen molar-refractivity contribution in [1.29, 1.82) is 0 Å². The molecule has 0 amide bonds. The topological polar surface area (TPSA) is 53.1 Å². The van der Waals surface area contributed by atoms with Crippen LogP contribution in [0.5, 0.6) is 0 Å². The predicted octanol–water partition coefficient (Wildman–Crippen LogP) is 2.99. The van der Waals surface area contributed by atoms with Crippen molar-refractivity contribution < 1.29 is 18.7 Å². The molecule has 5 heteroatoms. The zero-order valence-corrected chi connectivity index (χ0v) is 8.86. The predicted molar refractivity (Wildman–Crippen MR) is 59.3 cm³/mol. The summed E-state index contributed by atoms with van der Waals surface area (Å²) in [4.78, 5) is 13.4. The number of carboxylic acid groups (broad SMARTS) is 1. The molecule has 1 atom stereocenters. The number of alkyl halides is 2. The van der Waals surface area contributed by atoms with Crippen molar-refractivity contribution in [3.8, 4) is 0 Å². The Morgan fingerprint density at radius 3 is 2.65 bits per heavy atom. The maximum absolute atomic E-state index is 12.8. The molecule has 3 nitrogen and oxygen atoms in total. The molecule has 2 rings (SSSR count). The highest BCUT2D eigenvalue weighted by molar-refractivity contribution is 5.80. The Morgan fingerprint density at radius 1 is 1.35 bits per heavy atom. The van der Waals surface area contributed by atoms with E-state index in [9.17, 15) is 13.6 Å². The van der Waals surface area contributed by atoms with Gasteiger partial charge in [-0.05, 0) is 17.5 Å². The lowest BCUT2D eigenvalue weighted by Gasteiger charge is -2.11. The minimum Gasteiger partial charge on any atom is -0.481 e. The fourth-order valence-electron chi connectivity index (χ4n) is 1.82. The minimum absolute atomic E-state index is 0.267. The van der Waals surface area contributed by atoms with Gasteiger partial charge in [-0.2, -0.15) is 0 Å². The third-order valence-electron chi connectivity index (χ3n) is 2.65. The molecular formula is C12H11F2NO2. The summed E-state index contributed by atoms with van der Waals surface area (Å²) in [7, 11) is 0. The molecule has 1 unspecified atom stereocenters. The van der Waals surface area contributed by atoms with Crippen LogP contribution in [0.15, 0.2) is 30.3 Å². The number of hydrogen-bond acceptors (Lipinski definition) is 1. The van der Waals surface area contributed by atoms with Gasteiger partial charge < -0.3 is 10.1 Å². The third kappa shape index (κ3) is 2.43. The molecule has 1 heterocycles. The van der Waals surface area contributed by atoms with E-state index in [2.05, 4.69) is 4.98 Å². The van der Waals surface area contributed by atoms with Crippen molar-refractivity contribution >= 4 is 16.9 Å². The van der Waals surface area contributed by atoms with Gasteiger partial charge in [-0.25, -0.2) is 8.78 Å². The fraction of sp³-hybridized carbons (Fsp3) is 0.250. The van der Waals surface area contributed by atoms with E-state index in [0.717, 1.165) is 10.9 Å². The average Bonchev–Trinajstić information content (AvgIpc) is 2.68. The summed E-state index contributed by atoms with van der Waals surface area (Å²) in [5, 5.41) is 9.43. The van der Waals surface area contributed by atoms with Gasteiger partial charge in [-0.15, -0.1) is 0 Å². The molecule has 1 aromatic carbocycles. The number of carbonyl (C=O) groups is 1. The van der Waals surface area contributed by atoms with Gasteiger partial charge in [0.15, 0.2) is 0 Å². The summed E-state index contributed by atoms with van der Waals surface area (Å²) < 4.78 is 25.6. The molecule has 1 aromatic heterocycles. The Kier molecular flexibility index (Phi) is 3.08. The first-order valence-corrected chi connectivity index (χ1v) is 5.15. The first-order valence-electron chi connectivity index (χ1n) is 5.15. The summed E-state index contributed by atoms with van der Waals surface area (Å²) in [5.74, 6) is -2.52. The van der Waals surface area contributed by atoms with E-state index in [1.54, 1.807) is 30.3 Å². The molecule has 0 aliphatic rings. The van der Waals surface area contributed by atoms with E-state index in [1.807, 2.05) is 0 Å². The highest BCUT2D eigenvalue weighted by Crippen LogP contribution is 2.28. The second kappa shape index (κ2) is 4.53. The summed E-state index contributed by atoms with van der Waals surface area (Å²) >= 11 is 0. The molecule has 0 spiro atoms. The average molecular weight is 239 g/mol. The SMILES string of the molecule is O=C(O)CC(c1cc2ccccc2[nH]1)C(F)F. The van der Waals surface area contributed by atoms with Gasteiger partial charge in [-0.3, -0.25) is 4.79 Å². The van der Waals surface area contributed by atoms with Crippen LogP contribution in [0, 0.1) is 0 Å². The summed E-state index contributed by atoms with van der Waals surface area (Å²) in [6.45, 7) is 0. The molecule has 90 valence electrons. The van der Waals surface area contributed by atoms with Crippen molar-refractivity contribution in [2.24, 2.45) is 0 Å². The smallest absolute Gasteiger partial charge is 0.304 e. The monoisotopic (exact) mass is 239 g/mol. The first kappa shape index (κ1) is 11.6. The van der Waals surface area contributed by atoms with Gasteiger partial charge in [-0.1, -0.05) is 18.2 Å². The van der Waals surface area contributed by atoms with Crippen LogP contribution in [-0.4, -0.2) is 22.5 Å². The number of rotatable bonds is 4. The molecule has 0 fully saturated rings. The quantitative estimate of drug-likeness (QED) is 0.861. The number of aromatic amines is 1. The van der Waals surface area contributed by atoms with Crippen molar-refractivity contribution in [3.05, 3.63) is 36.0 Å². The number of aromatic nitrogens is 1. The summed E-state index contributed by atoms with van der Waals surface area (Å²) in [5.41, 5.74) is 1.00. The zero-order valence-electron chi connectivity index (χ0n) is 8.86. The van der Waals surface area contributed by atoms with E-state index in [1.165, 1.54) is 0 Å². The van der Waals surface area contributed by atoms with Crippen LogP contribution in [0.3, 0.4) is 0 Å². The van der Waals surface area contributed by atoms with Gasteiger partial charge in [0.25, 0.3) is 0 Å². The van der Waals surface area contributed by atoms with Crippen molar-refractivity contribution in [2.45, 2.75) is 18.8 Å². The number of aliphatic carboxylic acids is 1. The van der Waals surface area contributed by atoms with Crippen LogP contribution in [0.25, 0.3) is 10.9 Å². The van der Waals surface area contributed by atoms with E-state index in [-0.39, 0.29) is 5.69 Å². The lowest BCUT2D eigenvalue weighted by molar-refractivity contribution is -0.138. The standard InChI is InChI=1S/C12H11F2NO2/c13-12(14)8(6-11(16)17)10-5-7-3-1-2-4-9(7)15-10/h1-5,8,12,15H,6H2,(H,16,17). The molecule has 0 radical (unpaired) electrons. The van der Waals surface area contributed by atoms with Crippen LogP contribution in [0.4, 0.5) is 8.78 Å². The molecule has 17 heavy (non-hydrogen) atoms. The number of hydrogen-bond donors (Lipinski definition) is 2. The zero-order chi connectivity index (χ0) is 12.4. The second-order valence-electron chi connectivity index (χ2n) is 3.85. The van der Waals surface area contributed by atoms with Gasteiger partial charge in [0.2, 0.25) is 6.43 Å². The number of H-pyrrole nitrogens is 1. The van der Waals surface area contributed by atoms with Crippen molar-refractivity contribution in [3.63, 3.8) is 0 Å². The van der Waals surface area contributed by atoms with Crippen molar-refractivity contribution in [1.82, 2.24) is 4.98 Å². The third-order valence-corrected chi connectivity index (χ3v) is 2.65. The summed E-state index contributed by atoms with van der Waals surface area (Å²) in [6, 6.07) is 8.72.